The van der Waals surface area contributed by atoms with E-state index in [1.807, 2.05) is 18.2 Å². The highest BCUT2D eigenvalue weighted by Gasteiger charge is 2.10. The molecule has 0 saturated carbocycles. The first-order valence-corrected chi connectivity index (χ1v) is 8.97. The predicted octanol–water partition coefficient (Wildman–Crippen LogP) is 2.66. The van der Waals surface area contributed by atoms with Gasteiger partial charge in [-0.3, -0.25) is 4.79 Å². The molecule has 0 unspecified atom stereocenters. The van der Waals surface area contributed by atoms with Gasteiger partial charge in [-0.15, -0.1) is 0 Å². The average molecular weight is 373 g/mol. The van der Waals surface area contributed by atoms with Gasteiger partial charge in [0.2, 0.25) is 5.91 Å². The number of hydrogen-bond acceptors (Lipinski definition) is 5. The first-order valence-electron chi connectivity index (χ1n) is 8.59. The number of nitrogens with zero attached hydrogens (tertiary/aromatic N) is 4. The molecule has 0 spiro atoms. The highest BCUT2D eigenvalue weighted by molar-refractivity contribution is 6.31. The van der Waals surface area contributed by atoms with E-state index in [0.29, 0.717) is 18.1 Å². The van der Waals surface area contributed by atoms with Gasteiger partial charge in [0.25, 0.3) is 0 Å². The van der Waals surface area contributed by atoms with E-state index < -0.39 is 0 Å². The van der Waals surface area contributed by atoms with Gasteiger partial charge < -0.3 is 10.6 Å². The monoisotopic (exact) mass is 372 g/mol. The Morgan fingerprint density at radius 2 is 2.08 bits per heavy atom. The Balaban J connectivity index is 1.58. The Bertz CT molecular complexity index is 894. The zero-order valence-electron chi connectivity index (χ0n) is 14.6. The number of aromatic nitrogens is 4. The lowest BCUT2D eigenvalue weighted by Crippen LogP contribution is -2.29. The van der Waals surface area contributed by atoms with Crippen LogP contribution in [0.3, 0.4) is 0 Å². The van der Waals surface area contributed by atoms with Crippen LogP contribution >= 0.6 is 11.6 Å². The fourth-order valence-corrected chi connectivity index (χ4v) is 2.82. The summed E-state index contributed by atoms with van der Waals surface area (Å²) in [5.74, 6) is 0.709. The highest BCUT2D eigenvalue weighted by atomic mass is 35.5. The van der Waals surface area contributed by atoms with E-state index in [-0.39, 0.29) is 12.3 Å². The quantitative estimate of drug-likeness (QED) is 0.635. The Morgan fingerprint density at radius 3 is 2.88 bits per heavy atom. The van der Waals surface area contributed by atoms with Crippen molar-refractivity contribution in [2.24, 2.45) is 0 Å². The number of hydrogen-bond donors (Lipinski definition) is 2. The molecule has 0 bridgehead atoms. The van der Waals surface area contributed by atoms with Crippen molar-refractivity contribution in [1.29, 1.82) is 0 Å². The predicted molar refractivity (Wildman–Crippen MR) is 102 cm³/mol. The molecule has 0 aliphatic carbocycles. The maximum Gasteiger partial charge on any atom is 0.224 e. The molecule has 2 aromatic heterocycles. The van der Waals surface area contributed by atoms with Gasteiger partial charge >= 0.3 is 0 Å². The van der Waals surface area contributed by atoms with Crippen molar-refractivity contribution in [1.82, 2.24) is 25.1 Å². The number of halogens is 1. The third-order valence-electron chi connectivity index (χ3n) is 3.93. The maximum atomic E-state index is 12.1. The van der Waals surface area contributed by atoms with Crippen LogP contribution in [0, 0.1) is 0 Å². The first-order chi connectivity index (χ1) is 12.7. The van der Waals surface area contributed by atoms with E-state index in [0.717, 1.165) is 35.4 Å². The van der Waals surface area contributed by atoms with Crippen molar-refractivity contribution < 1.29 is 4.79 Å². The molecule has 8 heteroatoms. The summed E-state index contributed by atoms with van der Waals surface area (Å²) in [5, 5.41) is 12.0. The third-order valence-corrected chi connectivity index (χ3v) is 4.30. The molecular formula is C18H21ClN6O. The highest BCUT2D eigenvalue weighted by Crippen LogP contribution is 2.18. The third kappa shape index (κ3) is 4.29. The number of carbonyl (C=O) groups excluding carboxylic acids is 1. The van der Waals surface area contributed by atoms with E-state index in [1.165, 1.54) is 6.33 Å². The lowest BCUT2D eigenvalue weighted by Gasteiger charge is -2.08. The summed E-state index contributed by atoms with van der Waals surface area (Å²) in [6, 6.07) is 7.35. The van der Waals surface area contributed by atoms with Crippen molar-refractivity contribution >= 4 is 34.4 Å². The largest absolute Gasteiger partial charge is 0.369 e. The second-order valence-electron chi connectivity index (χ2n) is 5.87. The lowest BCUT2D eigenvalue weighted by atomic mass is 10.1. The molecule has 1 aromatic carbocycles. The molecule has 0 aliphatic heterocycles. The first kappa shape index (κ1) is 18.1. The van der Waals surface area contributed by atoms with Crippen molar-refractivity contribution in [2.75, 3.05) is 18.4 Å². The van der Waals surface area contributed by atoms with Crippen LogP contribution < -0.4 is 10.6 Å². The minimum Gasteiger partial charge on any atom is -0.369 e. The Kier molecular flexibility index (Phi) is 6.01. The fraction of sp³-hybridized carbons (Fsp3) is 0.333. The van der Waals surface area contributed by atoms with Crippen molar-refractivity contribution in [2.45, 2.75) is 26.3 Å². The number of amides is 1. The average Bonchev–Trinajstić information content (AvgIpc) is 3.06. The molecule has 1 amide bonds. The Hall–Kier alpha value is -2.67. The molecule has 7 nitrogen and oxygen atoms in total. The molecule has 2 N–H and O–H groups in total. The number of anilines is 1. The topological polar surface area (TPSA) is 84.7 Å². The van der Waals surface area contributed by atoms with Crippen LogP contribution in [-0.4, -0.2) is 38.7 Å². The normalized spacial score (nSPS) is 10.8. The second-order valence-corrected chi connectivity index (χ2v) is 6.28. The van der Waals surface area contributed by atoms with E-state index >= 15 is 0 Å². The zero-order chi connectivity index (χ0) is 18.4. The number of carbonyl (C=O) groups is 1. The van der Waals surface area contributed by atoms with E-state index in [2.05, 4.69) is 32.6 Å². The number of fused-ring (bicyclic) bond motifs is 1. The summed E-state index contributed by atoms with van der Waals surface area (Å²) in [6.45, 7) is 3.93. The minimum absolute atomic E-state index is 0.0745. The van der Waals surface area contributed by atoms with Gasteiger partial charge in [0.15, 0.2) is 5.65 Å². The van der Waals surface area contributed by atoms with Crippen LogP contribution in [0.25, 0.3) is 11.0 Å². The van der Waals surface area contributed by atoms with Gasteiger partial charge in [-0.2, -0.15) is 5.10 Å². The van der Waals surface area contributed by atoms with Gasteiger partial charge in [-0.05, 0) is 18.1 Å². The molecule has 0 aliphatic rings. The fourth-order valence-electron chi connectivity index (χ4n) is 2.62. The van der Waals surface area contributed by atoms with E-state index in [9.17, 15) is 4.79 Å². The summed E-state index contributed by atoms with van der Waals surface area (Å²) < 4.78 is 1.77. The number of rotatable bonds is 8. The van der Waals surface area contributed by atoms with Crippen LogP contribution in [-0.2, 0) is 17.8 Å². The summed E-state index contributed by atoms with van der Waals surface area (Å²) in [4.78, 5) is 20.7. The van der Waals surface area contributed by atoms with Gasteiger partial charge in [0.1, 0.15) is 12.1 Å². The maximum absolute atomic E-state index is 12.1. The molecule has 26 heavy (non-hydrogen) atoms. The summed E-state index contributed by atoms with van der Waals surface area (Å²) in [5.41, 5.74) is 1.56. The summed E-state index contributed by atoms with van der Waals surface area (Å²) in [7, 11) is 0. The smallest absolute Gasteiger partial charge is 0.224 e. The van der Waals surface area contributed by atoms with Gasteiger partial charge in [-0.1, -0.05) is 36.7 Å². The van der Waals surface area contributed by atoms with Crippen LogP contribution in [0.5, 0.6) is 0 Å². The molecule has 136 valence electrons. The van der Waals surface area contributed by atoms with Crippen LogP contribution in [0.15, 0.2) is 36.8 Å². The van der Waals surface area contributed by atoms with Crippen LogP contribution in [0.4, 0.5) is 5.82 Å². The molecule has 0 saturated heterocycles. The van der Waals surface area contributed by atoms with Crippen LogP contribution in [0.1, 0.15) is 18.9 Å². The Morgan fingerprint density at radius 1 is 1.23 bits per heavy atom. The van der Waals surface area contributed by atoms with Gasteiger partial charge in [0, 0.05) is 18.1 Å². The SMILES string of the molecule is CCCNc1ncnc2c1cnn2CCNC(=O)Cc1ccccc1Cl. The standard InChI is InChI=1S/C18H21ClN6O/c1-2-7-21-17-14-11-24-25(18(14)23-12-22-17)9-8-20-16(26)10-13-5-3-4-6-15(13)19/h3-6,11-12H,2,7-10H2,1H3,(H,20,26)(H,21,22,23). The second kappa shape index (κ2) is 8.62. The zero-order valence-corrected chi connectivity index (χ0v) is 15.3. The minimum atomic E-state index is -0.0745. The van der Waals surface area contributed by atoms with Gasteiger partial charge in [-0.25, -0.2) is 14.6 Å². The number of benzene rings is 1. The lowest BCUT2D eigenvalue weighted by molar-refractivity contribution is -0.120. The Labute approximate surface area is 156 Å². The van der Waals surface area contributed by atoms with Crippen LogP contribution in [0.2, 0.25) is 5.02 Å². The molecule has 3 rings (SSSR count). The molecule has 0 fully saturated rings. The van der Waals surface area contributed by atoms with Gasteiger partial charge in [0.05, 0.1) is 24.5 Å². The molecule has 0 atom stereocenters. The molecule has 3 aromatic rings. The molecular weight excluding hydrogens is 352 g/mol. The molecule has 0 radical (unpaired) electrons. The van der Waals surface area contributed by atoms with Crippen molar-refractivity contribution in [3.63, 3.8) is 0 Å². The van der Waals surface area contributed by atoms with E-state index in [4.69, 9.17) is 11.6 Å². The van der Waals surface area contributed by atoms with E-state index in [1.54, 1.807) is 16.9 Å². The molecule has 2 heterocycles. The van der Waals surface area contributed by atoms with Crippen molar-refractivity contribution in [3.8, 4) is 0 Å². The van der Waals surface area contributed by atoms with Crippen molar-refractivity contribution in [3.05, 3.63) is 47.4 Å². The summed E-state index contributed by atoms with van der Waals surface area (Å²) >= 11 is 6.09. The summed E-state index contributed by atoms with van der Waals surface area (Å²) in [6.07, 6.45) is 4.54. The number of nitrogens with one attached hydrogen (secondary N) is 2.